The minimum atomic E-state index is -0.690. The van der Waals surface area contributed by atoms with Gasteiger partial charge in [-0.15, -0.1) is 0 Å². The van der Waals surface area contributed by atoms with E-state index in [1.165, 1.54) is 0 Å². The number of aliphatic hydroxyl groups excluding tert-OH is 2. The van der Waals surface area contributed by atoms with Gasteiger partial charge in [-0.25, -0.2) is 0 Å². The van der Waals surface area contributed by atoms with Gasteiger partial charge in [0.25, 0.3) is 0 Å². The molecule has 5 nitrogen and oxygen atoms in total. The Balaban J connectivity index is 1.54. The van der Waals surface area contributed by atoms with Gasteiger partial charge in [-0.3, -0.25) is 4.90 Å². The van der Waals surface area contributed by atoms with E-state index in [-0.39, 0.29) is 13.2 Å². The maximum Gasteiger partial charge on any atom is 0.119 e. The molecule has 2 atom stereocenters. The molecular formula is C27H33NO4. The Kier molecular flexibility index (Phi) is 9.11. The fraction of sp³-hybridized carbons (Fsp3) is 0.333. The summed E-state index contributed by atoms with van der Waals surface area (Å²) in [6.07, 6.45) is -1.38. The number of ether oxygens (including phenoxy) is 2. The number of rotatable bonds is 12. The van der Waals surface area contributed by atoms with E-state index in [2.05, 4.69) is 0 Å². The summed E-state index contributed by atoms with van der Waals surface area (Å²) in [4.78, 5) is 2.03. The van der Waals surface area contributed by atoms with Crippen molar-refractivity contribution in [2.75, 3.05) is 26.3 Å². The Bertz CT molecular complexity index is 855. The third-order valence-corrected chi connectivity index (χ3v) is 5.11. The van der Waals surface area contributed by atoms with E-state index in [0.717, 1.165) is 28.2 Å². The van der Waals surface area contributed by atoms with Gasteiger partial charge in [0.15, 0.2) is 0 Å². The van der Waals surface area contributed by atoms with Crippen LogP contribution in [0.2, 0.25) is 0 Å². The topological polar surface area (TPSA) is 62.2 Å². The zero-order valence-corrected chi connectivity index (χ0v) is 18.9. The monoisotopic (exact) mass is 435 g/mol. The summed E-state index contributed by atoms with van der Waals surface area (Å²) in [7, 11) is 0. The lowest BCUT2D eigenvalue weighted by Crippen LogP contribution is -2.41. The molecule has 0 heterocycles. The molecule has 0 radical (unpaired) electrons. The van der Waals surface area contributed by atoms with Crippen LogP contribution in [0.5, 0.6) is 11.5 Å². The summed E-state index contributed by atoms with van der Waals surface area (Å²) in [6, 6.07) is 25.5. The van der Waals surface area contributed by atoms with E-state index >= 15 is 0 Å². The first-order valence-corrected chi connectivity index (χ1v) is 11.0. The van der Waals surface area contributed by atoms with E-state index in [0.29, 0.717) is 19.6 Å². The van der Waals surface area contributed by atoms with Crippen LogP contribution < -0.4 is 9.47 Å². The van der Waals surface area contributed by atoms with Crippen LogP contribution in [0.4, 0.5) is 0 Å². The molecule has 0 aromatic heterocycles. The number of benzene rings is 3. The maximum atomic E-state index is 10.6. The number of nitrogens with zero attached hydrogens (tertiary/aromatic N) is 1. The number of aliphatic hydroxyl groups is 2. The first kappa shape index (κ1) is 23.8. The minimum absolute atomic E-state index is 0.185. The highest BCUT2D eigenvalue weighted by Crippen LogP contribution is 2.14. The molecule has 0 spiro atoms. The molecule has 5 heteroatoms. The molecule has 3 rings (SSSR count). The van der Waals surface area contributed by atoms with Gasteiger partial charge >= 0.3 is 0 Å². The van der Waals surface area contributed by atoms with Crippen molar-refractivity contribution in [3.05, 3.63) is 95.6 Å². The number of hydrogen-bond acceptors (Lipinski definition) is 5. The molecule has 3 aromatic rings. The lowest BCUT2D eigenvalue weighted by Gasteiger charge is -2.27. The van der Waals surface area contributed by atoms with Crippen LogP contribution in [0.3, 0.4) is 0 Å². The van der Waals surface area contributed by atoms with Crippen LogP contribution in [0.15, 0.2) is 78.9 Å². The largest absolute Gasteiger partial charge is 0.491 e. The van der Waals surface area contributed by atoms with E-state index in [1.54, 1.807) is 0 Å². The normalized spacial score (nSPS) is 13.0. The van der Waals surface area contributed by atoms with E-state index in [4.69, 9.17) is 9.47 Å². The molecule has 0 bridgehead atoms. The Morgan fingerprint density at radius 2 is 1.09 bits per heavy atom. The van der Waals surface area contributed by atoms with E-state index in [9.17, 15) is 10.2 Å². The molecule has 0 aliphatic rings. The smallest absolute Gasteiger partial charge is 0.119 e. The second kappa shape index (κ2) is 12.2. The zero-order chi connectivity index (χ0) is 22.8. The van der Waals surface area contributed by atoms with Crippen molar-refractivity contribution in [1.29, 1.82) is 0 Å². The zero-order valence-electron chi connectivity index (χ0n) is 18.9. The van der Waals surface area contributed by atoms with Crippen LogP contribution >= 0.6 is 0 Å². The maximum absolute atomic E-state index is 10.6. The van der Waals surface area contributed by atoms with Crippen molar-refractivity contribution in [2.45, 2.75) is 32.6 Å². The lowest BCUT2D eigenvalue weighted by atomic mass is 10.2. The Hall–Kier alpha value is -2.86. The summed E-state index contributed by atoms with van der Waals surface area (Å²) < 4.78 is 11.5. The van der Waals surface area contributed by atoms with Gasteiger partial charge in [0.05, 0.1) is 0 Å². The standard InChI is InChI=1S/C27H33NO4/c1-21-8-12-26(13-9-21)31-19-24(29)17-28(16-23-6-4-3-5-7-23)18-25(30)20-32-27-14-10-22(2)11-15-27/h3-15,24-25,29-30H,16-20H2,1-2H3. The van der Waals surface area contributed by atoms with Crippen molar-refractivity contribution in [1.82, 2.24) is 4.90 Å². The Labute approximate surface area is 190 Å². The van der Waals surface area contributed by atoms with Gasteiger partial charge in [0.1, 0.15) is 36.9 Å². The third-order valence-electron chi connectivity index (χ3n) is 5.11. The Morgan fingerprint density at radius 3 is 1.53 bits per heavy atom. The molecular weight excluding hydrogens is 402 g/mol. The quantitative estimate of drug-likeness (QED) is 0.451. The second-order valence-electron chi connectivity index (χ2n) is 8.24. The van der Waals surface area contributed by atoms with Crippen molar-refractivity contribution >= 4 is 0 Å². The molecule has 0 aliphatic heterocycles. The van der Waals surface area contributed by atoms with Gasteiger partial charge in [-0.1, -0.05) is 65.7 Å². The predicted octanol–water partition coefficient (Wildman–Crippen LogP) is 3.99. The fourth-order valence-electron chi connectivity index (χ4n) is 3.40. The summed E-state index contributed by atoms with van der Waals surface area (Å²) >= 11 is 0. The number of hydrogen-bond donors (Lipinski definition) is 2. The number of aryl methyl sites for hydroxylation is 2. The molecule has 2 unspecified atom stereocenters. The van der Waals surface area contributed by atoms with Gasteiger partial charge in [-0.05, 0) is 43.7 Å². The van der Waals surface area contributed by atoms with Gasteiger partial charge in [-0.2, -0.15) is 0 Å². The van der Waals surface area contributed by atoms with Crippen LogP contribution in [0.25, 0.3) is 0 Å². The van der Waals surface area contributed by atoms with Crippen LogP contribution in [-0.2, 0) is 6.54 Å². The molecule has 0 fully saturated rings. The highest BCUT2D eigenvalue weighted by atomic mass is 16.5. The van der Waals surface area contributed by atoms with Crippen LogP contribution in [0, 0.1) is 13.8 Å². The lowest BCUT2D eigenvalue weighted by molar-refractivity contribution is 0.0283. The van der Waals surface area contributed by atoms with Gasteiger partial charge < -0.3 is 19.7 Å². The first-order chi connectivity index (χ1) is 15.5. The molecule has 170 valence electrons. The fourth-order valence-corrected chi connectivity index (χ4v) is 3.40. The van der Waals surface area contributed by atoms with Crippen molar-refractivity contribution in [3.8, 4) is 11.5 Å². The van der Waals surface area contributed by atoms with Crippen molar-refractivity contribution in [2.24, 2.45) is 0 Å². The molecule has 32 heavy (non-hydrogen) atoms. The minimum Gasteiger partial charge on any atom is -0.491 e. The average molecular weight is 436 g/mol. The second-order valence-corrected chi connectivity index (χ2v) is 8.24. The Morgan fingerprint density at radius 1 is 0.656 bits per heavy atom. The highest BCUT2D eigenvalue weighted by molar-refractivity contribution is 5.27. The van der Waals surface area contributed by atoms with Crippen molar-refractivity contribution in [3.63, 3.8) is 0 Å². The van der Waals surface area contributed by atoms with E-state index in [1.807, 2.05) is 97.6 Å². The highest BCUT2D eigenvalue weighted by Gasteiger charge is 2.17. The first-order valence-electron chi connectivity index (χ1n) is 11.0. The summed E-state index contributed by atoms with van der Waals surface area (Å²) in [6.45, 7) is 5.78. The third kappa shape index (κ3) is 8.35. The predicted molar refractivity (Wildman–Crippen MR) is 127 cm³/mol. The van der Waals surface area contributed by atoms with Gasteiger partial charge in [0.2, 0.25) is 0 Å². The van der Waals surface area contributed by atoms with Crippen LogP contribution in [-0.4, -0.2) is 53.6 Å². The van der Waals surface area contributed by atoms with Crippen LogP contribution in [0.1, 0.15) is 16.7 Å². The average Bonchev–Trinajstić information content (AvgIpc) is 2.79. The molecule has 2 N–H and O–H groups in total. The van der Waals surface area contributed by atoms with Gasteiger partial charge in [0, 0.05) is 19.6 Å². The molecule has 3 aromatic carbocycles. The molecule has 0 saturated carbocycles. The SMILES string of the molecule is Cc1ccc(OCC(O)CN(Cc2ccccc2)CC(O)COc2ccc(C)cc2)cc1. The summed E-state index contributed by atoms with van der Waals surface area (Å²) in [5.74, 6) is 1.46. The van der Waals surface area contributed by atoms with Crippen molar-refractivity contribution < 1.29 is 19.7 Å². The van der Waals surface area contributed by atoms with E-state index < -0.39 is 12.2 Å². The molecule has 0 aliphatic carbocycles. The summed E-state index contributed by atoms with van der Waals surface area (Å²) in [5.41, 5.74) is 3.44. The molecule has 0 saturated heterocycles. The summed E-state index contributed by atoms with van der Waals surface area (Å²) in [5, 5.41) is 21.2. The molecule has 0 amide bonds.